The van der Waals surface area contributed by atoms with Crippen molar-refractivity contribution < 1.29 is 12.8 Å². The topological polar surface area (TPSA) is 71.4 Å². The highest BCUT2D eigenvalue weighted by Crippen LogP contribution is 2.30. The van der Waals surface area contributed by atoms with E-state index in [1.54, 1.807) is 18.5 Å². The van der Waals surface area contributed by atoms with Crippen molar-refractivity contribution in [2.75, 3.05) is 5.32 Å². The highest BCUT2D eigenvalue weighted by atomic mass is 32.2. The van der Waals surface area contributed by atoms with E-state index in [2.05, 4.69) is 14.7 Å². The zero-order chi connectivity index (χ0) is 14.9. The summed E-state index contributed by atoms with van der Waals surface area (Å²) in [5, 5.41) is 3.16. The summed E-state index contributed by atoms with van der Waals surface area (Å²) >= 11 is 1.25. The van der Waals surface area contributed by atoms with Gasteiger partial charge in [0.1, 0.15) is 10.7 Å². The second-order valence-electron chi connectivity index (χ2n) is 4.29. The van der Waals surface area contributed by atoms with Crippen LogP contribution in [0.15, 0.2) is 52.0 Å². The van der Waals surface area contributed by atoms with E-state index in [-0.39, 0.29) is 10.1 Å². The minimum Gasteiger partial charge on any atom is -0.333 e. The van der Waals surface area contributed by atoms with E-state index in [9.17, 15) is 12.8 Å². The molecule has 0 saturated heterocycles. The first kappa shape index (κ1) is 14.0. The maximum atomic E-state index is 13.2. The molecule has 0 unspecified atom stereocenters. The number of hydrogen-bond acceptors (Lipinski definition) is 5. The molecule has 3 rings (SSSR count). The van der Waals surface area contributed by atoms with Gasteiger partial charge in [0.05, 0.1) is 5.69 Å². The third kappa shape index (κ3) is 3.06. The summed E-state index contributed by atoms with van der Waals surface area (Å²) in [6, 6.07) is 7.25. The summed E-state index contributed by atoms with van der Waals surface area (Å²) in [6.45, 7) is 0. The number of nitrogens with one attached hydrogen (secondary N) is 1. The predicted molar refractivity (Wildman–Crippen MR) is 80.2 cm³/mol. The molecular formula is C13H10FN3O2S2. The average molecular weight is 323 g/mol. The number of hydrogen-bond donors (Lipinski definition) is 1. The van der Waals surface area contributed by atoms with Crippen LogP contribution in [-0.4, -0.2) is 18.6 Å². The second kappa shape index (κ2) is 5.45. The Labute approximate surface area is 125 Å². The number of amidine groups is 1. The van der Waals surface area contributed by atoms with Gasteiger partial charge in [-0.15, -0.1) is 4.40 Å². The lowest BCUT2D eigenvalue weighted by atomic mass is 10.3. The Morgan fingerprint density at radius 2 is 2.14 bits per heavy atom. The molecule has 1 aromatic carbocycles. The molecule has 1 aliphatic heterocycles. The minimum atomic E-state index is -3.87. The summed E-state index contributed by atoms with van der Waals surface area (Å²) < 4.78 is 40.9. The van der Waals surface area contributed by atoms with Gasteiger partial charge < -0.3 is 5.32 Å². The van der Waals surface area contributed by atoms with Gasteiger partial charge in [0, 0.05) is 18.1 Å². The molecule has 1 N–H and O–H groups in total. The molecule has 8 heteroatoms. The number of fused-ring (bicyclic) bond motifs is 1. The predicted octanol–water partition coefficient (Wildman–Crippen LogP) is 2.62. The molecule has 0 atom stereocenters. The van der Waals surface area contributed by atoms with Crippen LogP contribution in [0.25, 0.3) is 0 Å². The minimum absolute atomic E-state index is 0.145. The fourth-order valence-corrected chi connectivity index (χ4v) is 3.99. The third-order valence-electron chi connectivity index (χ3n) is 2.76. The molecule has 0 saturated carbocycles. The van der Waals surface area contributed by atoms with Crippen LogP contribution in [0.1, 0.15) is 5.56 Å². The Kier molecular flexibility index (Phi) is 3.64. The standard InChI is InChI=1S/C13H10FN3O2S2/c14-10-3-4-11-12(6-10)21(18,19)17-13(16-11)20-8-9-2-1-5-15-7-9/h1-7H,8H2,(H,16,17). The van der Waals surface area contributed by atoms with E-state index in [4.69, 9.17) is 0 Å². The number of rotatable bonds is 2. The number of pyridine rings is 1. The number of benzene rings is 1. The summed E-state index contributed by atoms with van der Waals surface area (Å²) in [6.07, 6.45) is 3.37. The molecule has 1 aliphatic rings. The molecule has 0 radical (unpaired) electrons. The maximum absolute atomic E-state index is 13.2. The van der Waals surface area contributed by atoms with Crippen molar-refractivity contribution in [2.45, 2.75) is 10.6 Å². The first-order valence-electron chi connectivity index (χ1n) is 5.98. The van der Waals surface area contributed by atoms with Gasteiger partial charge >= 0.3 is 0 Å². The number of nitrogens with zero attached hydrogens (tertiary/aromatic N) is 2. The normalized spacial score (nSPS) is 15.8. The van der Waals surface area contributed by atoms with Crippen LogP contribution < -0.4 is 5.32 Å². The van der Waals surface area contributed by atoms with Crippen LogP contribution in [-0.2, 0) is 15.8 Å². The van der Waals surface area contributed by atoms with Crippen LogP contribution in [0.4, 0.5) is 10.1 Å². The number of anilines is 1. The van der Waals surface area contributed by atoms with E-state index >= 15 is 0 Å². The Morgan fingerprint density at radius 1 is 1.29 bits per heavy atom. The van der Waals surface area contributed by atoms with Gasteiger partial charge in [-0.1, -0.05) is 17.8 Å². The lowest BCUT2D eigenvalue weighted by Gasteiger charge is -2.17. The molecule has 1 aromatic heterocycles. The van der Waals surface area contributed by atoms with Crippen LogP contribution in [0.3, 0.4) is 0 Å². The molecule has 0 spiro atoms. The Hall–Kier alpha value is -1.93. The maximum Gasteiger partial charge on any atom is 0.286 e. The molecule has 0 fully saturated rings. The van der Waals surface area contributed by atoms with Gasteiger partial charge in [-0.2, -0.15) is 8.42 Å². The van der Waals surface area contributed by atoms with E-state index in [0.29, 0.717) is 11.4 Å². The van der Waals surface area contributed by atoms with Crippen molar-refractivity contribution in [3.05, 3.63) is 54.1 Å². The third-order valence-corrected chi connectivity index (χ3v) is 5.14. The molecule has 21 heavy (non-hydrogen) atoms. The smallest absolute Gasteiger partial charge is 0.286 e. The molecule has 0 bridgehead atoms. The van der Waals surface area contributed by atoms with Gasteiger partial charge in [0.2, 0.25) is 0 Å². The van der Waals surface area contributed by atoms with Crippen LogP contribution in [0.2, 0.25) is 0 Å². The van der Waals surface area contributed by atoms with Gasteiger partial charge in [0.15, 0.2) is 5.17 Å². The Balaban J connectivity index is 1.83. The van der Waals surface area contributed by atoms with Crippen molar-refractivity contribution in [3.8, 4) is 0 Å². The molecule has 0 amide bonds. The number of halogens is 1. The molecule has 2 heterocycles. The number of sulfonamides is 1. The van der Waals surface area contributed by atoms with Crippen LogP contribution in [0.5, 0.6) is 0 Å². The zero-order valence-electron chi connectivity index (χ0n) is 10.7. The lowest BCUT2D eigenvalue weighted by molar-refractivity contribution is 0.592. The van der Waals surface area contributed by atoms with Crippen molar-refractivity contribution in [2.24, 2.45) is 4.40 Å². The summed E-state index contributed by atoms with van der Waals surface area (Å²) in [4.78, 5) is 3.84. The van der Waals surface area contributed by atoms with Gasteiger partial charge in [-0.3, -0.25) is 4.98 Å². The highest BCUT2D eigenvalue weighted by molar-refractivity contribution is 8.14. The average Bonchev–Trinajstić information content (AvgIpc) is 2.47. The highest BCUT2D eigenvalue weighted by Gasteiger charge is 2.25. The molecule has 5 nitrogen and oxygen atoms in total. The van der Waals surface area contributed by atoms with E-state index < -0.39 is 15.8 Å². The van der Waals surface area contributed by atoms with Crippen LogP contribution >= 0.6 is 11.8 Å². The second-order valence-corrected chi connectivity index (χ2v) is 6.82. The Bertz CT molecular complexity index is 807. The van der Waals surface area contributed by atoms with Crippen molar-refractivity contribution >= 4 is 32.6 Å². The quantitative estimate of drug-likeness (QED) is 0.920. The van der Waals surface area contributed by atoms with E-state index in [0.717, 1.165) is 11.6 Å². The first-order chi connectivity index (χ1) is 10.0. The fraction of sp³-hybridized carbons (Fsp3) is 0.0769. The van der Waals surface area contributed by atoms with Gasteiger partial charge in [0.25, 0.3) is 10.0 Å². The number of thioether (sulfide) groups is 1. The number of aromatic nitrogens is 1. The zero-order valence-corrected chi connectivity index (χ0v) is 12.3. The lowest BCUT2D eigenvalue weighted by Crippen LogP contribution is -2.19. The van der Waals surface area contributed by atoms with Crippen molar-refractivity contribution in [1.29, 1.82) is 0 Å². The summed E-state index contributed by atoms with van der Waals surface area (Å²) in [5.41, 5.74) is 1.29. The molecule has 108 valence electrons. The monoisotopic (exact) mass is 323 g/mol. The van der Waals surface area contributed by atoms with Gasteiger partial charge in [-0.25, -0.2) is 4.39 Å². The van der Waals surface area contributed by atoms with Crippen molar-refractivity contribution in [1.82, 2.24) is 4.98 Å². The van der Waals surface area contributed by atoms with E-state index in [1.165, 1.54) is 23.9 Å². The SMILES string of the molecule is O=S1(=O)N=C(SCc2cccnc2)Nc2ccc(F)cc21. The molecule has 0 aliphatic carbocycles. The molecular weight excluding hydrogens is 313 g/mol. The first-order valence-corrected chi connectivity index (χ1v) is 8.40. The molecule has 2 aromatic rings. The summed E-state index contributed by atoms with van der Waals surface area (Å²) in [5.74, 6) is -0.0769. The summed E-state index contributed by atoms with van der Waals surface area (Å²) in [7, 11) is -3.87. The van der Waals surface area contributed by atoms with Crippen molar-refractivity contribution in [3.63, 3.8) is 0 Å². The van der Waals surface area contributed by atoms with E-state index in [1.807, 2.05) is 6.07 Å². The largest absolute Gasteiger partial charge is 0.333 e. The fourth-order valence-electron chi connectivity index (χ4n) is 1.81. The van der Waals surface area contributed by atoms with Gasteiger partial charge in [-0.05, 0) is 29.8 Å². The van der Waals surface area contributed by atoms with Crippen LogP contribution in [0, 0.1) is 5.82 Å². The Morgan fingerprint density at radius 3 is 2.90 bits per heavy atom.